The van der Waals surface area contributed by atoms with Crippen LogP contribution in [-0.2, 0) is 9.53 Å². The van der Waals surface area contributed by atoms with E-state index in [0.717, 1.165) is 6.92 Å². The van der Waals surface area contributed by atoms with Gasteiger partial charge in [0, 0.05) is 6.07 Å². The van der Waals surface area contributed by atoms with Crippen molar-refractivity contribution in [2.45, 2.75) is 32.5 Å². The van der Waals surface area contributed by atoms with Crippen LogP contribution in [0, 0.1) is 6.92 Å². The number of phenols is 1. The van der Waals surface area contributed by atoms with Crippen molar-refractivity contribution >= 4 is 11.9 Å². The van der Waals surface area contributed by atoms with Crippen LogP contribution in [-0.4, -0.2) is 46.1 Å². The van der Waals surface area contributed by atoms with Crippen LogP contribution < -0.4 is 4.74 Å². The van der Waals surface area contributed by atoms with Crippen LogP contribution in [0.4, 0.5) is 0 Å². The van der Waals surface area contributed by atoms with E-state index in [4.69, 9.17) is 14.6 Å². The van der Waals surface area contributed by atoms with Crippen LogP contribution >= 0.6 is 0 Å². The number of carbonyl (C=O) groups excluding carboxylic acids is 1. The molecule has 3 N–H and O–H groups in total. The zero-order chi connectivity index (χ0) is 16.4. The summed E-state index contributed by atoms with van der Waals surface area (Å²) < 4.78 is 10.00. The van der Waals surface area contributed by atoms with Gasteiger partial charge >= 0.3 is 11.9 Å². The minimum Gasteiger partial charge on any atom is -0.508 e. The number of benzene rings is 1. The quantitative estimate of drug-likeness (QED) is 0.697. The molecular weight excluding hydrogens is 280 g/mol. The van der Waals surface area contributed by atoms with Crippen molar-refractivity contribution in [3.05, 3.63) is 23.3 Å². The van der Waals surface area contributed by atoms with E-state index >= 15 is 0 Å². The van der Waals surface area contributed by atoms with Gasteiger partial charge in [0.1, 0.15) is 23.2 Å². The maximum Gasteiger partial charge on any atom is 0.342 e. The third kappa shape index (κ3) is 3.43. The maximum absolute atomic E-state index is 12.1. The number of carboxylic acids is 1. The number of aromatic hydroxyl groups is 1. The number of carbonyl (C=O) groups is 2. The van der Waals surface area contributed by atoms with Gasteiger partial charge in [-0.2, -0.15) is 0 Å². The highest BCUT2D eigenvalue weighted by atomic mass is 16.6. The van der Waals surface area contributed by atoms with Gasteiger partial charge in [0.25, 0.3) is 0 Å². The Morgan fingerprint density at radius 3 is 2.38 bits per heavy atom. The van der Waals surface area contributed by atoms with Gasteiger partial charge < -0.3 is 24.8 Å². The van der Waals surface area contributed by atoms with Crippen molar-refractivity contribution in [2.75, 3.05) is 7.11 Å². The van der Waals surface area contributed by atoms with Gasteiger partial charge in [0.15, 0.2) is 5.60 Å². The molecule has 1 aromatic rings. The average Bonchev–Trinajstić information content (AvgIpc) is 2.36. The van der Waals surface area contributed by atoms with Crippen LogP contribution in [0.1, 0.15) is 29.8 Å². The number of esters is 1. The van der Waals surface area contributed by atoms with E-state index in [-0.39, 0.29) is 17.1 Å². The molecule has 0 saturated carbocycles. The van der Waals surface area contributed by atoms with E-state index < -0.39 is 23.6 Å². The summed E-state index contributed by atoms with van der Waals surface area (Å²) in [5.74, 6) is -2.33. The van der Waals surface area contributed by atoms with Crippen LogP contribution in [0.25, 0.3) is 0 Å². The van der Waals surface area contributed by atoms with Gasteiger partial charge in [-0.25, -0.2) is 9.59 Å². The molecule has 0 aliphatic carbocycles. The summed E-state index contributed by atoms with van der Waals surface area (Å²) in [5.41, 5.74) is -1.75. The van der Waals surface area contributed by atoms with E-state index in [0.29, 0.717) is 5.56 Å². The lowest BCUT2D eigenvalue weighted by Gasteiger charge is -2.26. The second-order valence-electron chi connectivity index (χ2n) is 4.84. The normalized spacial score (nSPS) is 14.9. The Labute approximate surface area is 121 Å². The Hall–Kier alpha value is -2.28. The molecule has 7 nitrogen and oxygen atoms in total. The molecule has 0 radical (unpaired) electrons. The van der Waals surface area contributed by atoms with Gasteiger partial charge in [0.2, 0.25) is 0 Å². The maximum atomic E-state index is 12.1. The minimum atomic E-state index is -2.21. The first kappa shape index (κ1) is 16.8. The lowest BCUT2D eigenvalue weighted by atomic mass is 10.0. The lowest BCUT2D eigenvalue weighted by Crippen LogP contribution is -2.47. The molecular formula is C14H18O7. The van der Waals surface area contributed by atoms with Crippen LogP contribution in [0.2, 0.25) is 0 Å². The molecule has 0 aromatic heterocycles. The summed E-state index contributed by atoms with van der Waals surface area (Å²) in [6, 6.07) is 2.59. The highest BCUT2D eigenvalue weighted by molar-refractivity contribution is 5.95. The molecule has 1 rings (SSSR count). The van der Waals surface area contributed by atoms with Crippen molar-refractivity contribution in [1.29, 1.82) is 0 Å². The average molecular weight is 298 g/mol. The number of aliphatic hydroxyl groups is 1. The van der Waals surface area contributed by atoms with Crippen molar-refractivity contribution in [3.63, 3.8) is 0 Å². The summed E-state index contributed by atoms with van der Waals surface area (Å²) in [4.78, 5) is 23.1. The molecule has 0 aliphatic heterocycles. The fourth-order valence-corrected chi connectivity index (χ4v) is 1.67. The van der Waals surface area contributed by atoms with Gasteiger partial charge in [-0.05, 0) is 32.4 Å². The predicted molar refractivity (Wildman–Crippen MR) is 72.5 cm³/mol. The topological polar surface area (TPSA) is 113 Å². The largest absolute Gasteiger partial charge is 0.508 e. The van der Waals surface area contributed by atoms with E-state index in [1.165, 1.54) is 26.2 Å². The first-order chi connectivity index (χ1) is 9.61. The molecule has 21 heavy (non-hydrogen) atoms. The smallest absolute Gasteiger partial charge is 0.342 e. The molecule has 7 heteroatoms. The number of phenolic OH excluding ortho intramolecular Hbond substituents is 1. The second-order valence-corrected chi connectivity index (χ2v) is 4.84. The number of aliphatic carboxylic acids is 1. The highest BCUT2D eigenvalue weighted by Gasteiger charge is 2.40. The van der Waals surface area contributed by atoms with Crippen LogP contribution in [0.5, 0.6) is 11.5 Å². The molecule has 0 amide bonds. The monoisotopic (exact) mass is 298 g/mol. The zero-order valence-electron chi connectivity index (χ0n) is 12.2. The van der Waals surface area contributed by atoms with E-state index in [1.807, 2.05) is 0 Å². The molecule has 116 valence electrons. The van der Waals surface area contributed by atoms with E-state index in [1.54, 1.807) is 6.92 Å². The molecule has 0 unspecified atom stereocenters. The van der Waals surface area contributed by atoms with Crippen molar-refractivity contribution in [2.24, 2.45) is 0 Å². The van der Waals surface area contributed by atoms with Crippen LogP contribution in [0.3, 0.4) is 0 Å². The summed E-state index contributed by atoms with van der Waals surface area (Å²) in [7, 11) is 1.32. The Bertz CT molecular complexity index is 563. The number of aryl methyl sites for hydroxylation is 1. The first-order valence-corrected chi connectivity index (χ1v) is 6.15. The Morgan fingerprint density at radius 2 is 1.90 bits per heavy atom. The molecule has 0 bridgehead atoms. The molecule has 0 spiro atoms. The SMILES string of the molecule is COc1cc(O)cc(C)c1C(=O)O[C@H](C)[C@@](C)(O)C(=O)O. The zero-order valence-corrected chi connectivity index (χ0v) is 12.2. The molecule has 0 heterocycles. The summed E-state index contributed by atoms with van der Waals surface area (Å²) in [6.45, 7) is 3.88. The van der Waals surface area contributed by atoms with E-state index in [9.17, 15) is 19.8 Å². The molecule has 2 atom stereocenters. The number of methoxy groups -OCH3 is 1. The second kappa shape index (κ2) is 6.01. The van der Waals surface area contributed by atoms with Gasteiger partial charge in [0.05, 0.1) is 7.11 Å². The Morgan fingerprint density at radius 1 is 1.33 bits per heavy atom. The van der Waals surface area contributed by atoms with Crippen molar-refractivity contribution in [3.8, 4) is 11.5 Å². The third-order valence-corrected chi connectivity index (χ3v) is 3.22. The summed E-state index contributed by atoms with van der Waals surface area (Å²) in [5, 5.41) is 28.1. The fraction of sp³-hybridized carbons (Fsp3) is 0.429. The lowest BCUT2D eigenvalue weighted by molar-refractivity contribution is -0.167. The summed E-state index contributed by atoms with van der Waals surface area (Å²) in [6.07, 6.45) is -1.28. The third-order valence-electron chi connectivity index (χ3n) is 3.22. The van der Waals surface area contributed by atoms with Gasteiger partial charge in [-0.1, -0.05) is 0 Å². The highest BCUT2D eigenvalue weighted by Crippen LogP contribution is 2.29. The Balaban J connectivity index is 3.08. The Kier molecular flexibility index (Phi) is 4.80. The molecule has 0 aliphatic rings. The fourth-order valence-electron chi connectivity index (χ4n) is 1.67. The van der Waals surface area contributed by atoms with Gasteiger partial charge in [-0.3, -0.25) is 0 Å². The van der Waals surface area contributed by atoms with Crippen molar-refractivity contribution < 1.29 is 34.4 Å². The number of rotatable bonds is 5. The standard InChI is InChI=1S/C14H18O7/c1-7-5-9(15)6-10(20-4)11(7)12(16)21-8(2)14(3,19)13(17)18/h5-6,8,15,19H,1-4H3,(H,17,18)/t8-,14-/m1/s1. The molecule has 1 aromatic carbocycles. The number of carboxylic acid groups (broad SMARTS) is 1. The predicted octanol–water partition coefficient (Wildman–Crippen LogP) is 1.09. The number of hydrogen-bond acceptors (Lipinski definition) is 6. The molecule has 0 saturated heterocycles. The number of ether oxygens (including phenoxy) is 2. The van der Waals surface area contributed by atoms with E-state index in [2.05, 4.69) is 0 Å². The summed E-state index contributed by atoms with van der Waals surface area (Å²) >= 11 is 0. The van der Waals surface area contributed by atoms with Gasteiger partial charge in [-0.15, -0.1) is 0 Å². The first-order valence-electron chi connectivity index (χ1n) is 6.15. The van der Waals surface area contributed by atoms with Crippen molar-refractivity contribution in [1.82, 2.24) is 0 Å². The van der Waals surface area contributed by atoms with Crippen LogP contribution in [0.15, 0.2) is 12.1 Å². The molecule has 0 fully saturated rings. The number of hydrogen-bond donors (Lipinski definition) is 3. The minimum absolute atomic E-state index is 0.0586.